The van der Waals surface area contributed by atoms with Crippen LogP contribution in [0.15, 0.2) is 53.4 Å². The minimum Gasteiger partial charge on any atom is -0.406 e. The normalized spacial score (nSPS) is 11.8. The molecule has 24 heavy (non-hydrogen) atoms. The van der Waals surface area contributed by atoms with Gasteiger partial charge in [-0.3, -0.25) is 5.73 Å². The highest BCUT2D eigenvalue weighted by atomic mass is 32.2. The Bertz CT molecular complexity index is 834. The molecule has 3 aromatic rings. The average molecular weight is 371 g/mol. The molecule has 0 amide bonds. The van der Waals surface area contributed by atoms with Crippen molar-refractivity contribution in [3.05, 3.63) is 48.5 Å². The fourth-order valence-corrected chi connectivity index (χ4v) is 4.13. The lowest BCUT2D eigenvalue weighted by Gasteiger charge is -2.08. The third kappa shape index (κ3) is 4.12. The Balaban J connectivity index is 1.75. The number of nitrogens with two attached hydrogens (primary N) is 1. The lowest BCUT2D eigenvalue weighted by atomic mass is 10.3. The molecule has 0 radical (unpaired) electrons. The molecule has 0 aliphatic rings. The summed E-state index contributed by atoms with van der Waals surface area (Å²) < 4.78 is 43.4. The molecule has 0 saturated heterocycles. The van der Waals surface area contributed by atoms with Gasteiger partial charge in [0.15, 0.2) is 0 Å². The van der Waals surface area contributed by atoms with Gasteiger partial charge in [-0.1, -0.05) is 18.2 Å². The molecule has 0 aliphatic carbocycles. The third-order valence-electron chi connectivity index (χ3n) is 3.26. The monoisotopic (exact) mass is 371 g/mol. The fraction of sp³-hybridized carbons (Fsp3) is 0.188. The number of halogens is 3. The molecular formula is C16H14F3N2OS2+. The molecule has 0 atom stereocenters. The van der Waals surface area contributed by atoms with Crippen molar-refractivity contribution in [3.63, 3.8) is 0 Å². The highest BCUT2D eigenvalue weighted by Gasteiger charge is 2.31. The van der Waals surface area contributed by atoms with E-state index >= 15 is 0 Å². The number of thioether (sulfide) groups is 1. The number of hydrogen-bond acceptors (Lipinski definition) is 4. The van der Waals surface area contributed by atoms with E-state index < -0.39 is 6.36 Å². The first-order valence-electron chi connectivity index (χ1n) is 7.08. The largest absolute Gasteiger partial charge is 0.573 e. The summed E-state index contributed by atoms with van der Waals surface area (Å²) >= 11 is 2.95. The van der Waals surface area contributed by atoms with Gasteiger partial charge in [0.05, 0.1) is 4.70 Å². The Morgan fingerprint density at radius 3 is 2.58 bits per heavy atom. The Kier molecular flexibility index (Phi) is 4.86. The van der Waals surface area contributed by atoms with Gasteiger partial charge in [0.25, 0.3) is 0 Å². The van der Waals surface area contributed by atoms with E-state index in [1.54, 1.807) is 17.8 Å². The second-order valence-electron chi connectivity index (χ2n) is 4.93. The van der Waals surface area contributed by atoms with Crippen molar-refractivity contribution in [3.8, 4) is 5.75 Å². The number of ether oxygens (including phenoxy) is 1. The Morgan fingerprint density at radius 2 is 1.88 bits per heavy atom. The van der Waals surface area contributed by atoms with Crippen LogP contribution < -0.4 is 15.0 Å². The van der Waals surface area contributed by atoms with Crippen molar-refractivity contribution < 1.29 is 22.5 Å². The molecule has 2 N–H and O–H groups in total. The van der Waals surface area contributed by atoms with Gasteiger partial charge in [0, 0.05) is 16.7 Å². The summed E-state index contributed by atoms with van der Waals surface area (Å²) in [7, 11) is 0. The summed E-state index contributed by atoms with van der Waals surface area (Å²) in [6.07, 6.45) is -4.70. The molecule has 126 valence electrons. The van der Waals surface area contributed by atoms with Gasteiger partial charge >= 0.3 is 11.5 Å². The molecular weight excluding hydrogens is 357 g/mol. The van der Waals surface area contributed by atoms with Crippen molar-refractivity contribution in [1.82, 2.24) is 0 Å². The van der Waals surface area contributed by atoms with Crippen molar-refractivity contribution in [2.45, 2.75) is 17.8 Å². The topological polar surface area (TPSA) is 39.1 Å². The molecule has 0 bridgehead atoms. The van der Waals surface area contributed by atoms with E-state index in [0.29, 0.717) is 16.4 Å². The molecule has 0 aliphatic heterocycles. The van der Waals surface area contributed by atoms with Crippen LogP contribution in [0.2, 0.25) is 0 Å². The Labute approximate surface area is 144 Å². The zero-order chi connectivity index (χ0) is 17.2. The quantitative estimate of drug-likeness (QED) is 0.532. The van der Waals surface area contributed by atoms with E-state index in [1.807, 2.05) is 34.9 Å². The van der Waals surface area contributed by atoms with Crippen molar-refractivity contribution in [1.29, 1.82) is 0 Å². The second kappa shape index (κ2) is 6.90. The zero-order valence-corrected chi connectivity index (χ0v) is 14.0. The zero-order valence-electron chi connectivity index (χ0n) is 12.4. The maximum Gasteiger partial charge on any atom is 0.573 e. The maximum atomic E-state index is 12.3. The fourth-order valence-electron chi connectivity index (χ4n) is 2.28. The number of rotatable bonds is 5. The van der Waals surface area contributed by atoms with E-state index in [4.69, 9.17) is 5.73 Å². The summed E-state index contributed by atoms with van der Waals surface area (Å²) in [6.45, 7) is 0.671. The summed E-state index contributed by atoms with van der Waals surface area (Å²) in [5.74, 6) is 0.577. The predicted octanol–water partition coefficient (Wildman–Crippen LogP) is 4.46. The van der Waals surface area contributed by atoms with Crippen LogP contribution in [0, 0.1) is 0 Å². The van der Waals surface area contributed by atoms with Crippen LogP contribution >= 0.6 is 23.1 Å². The van der Waals surface area contributed by atoms with Crippen LogP contribution in [0.3, 0.4) is 0 Å². The lowest BCUT2D eigenvalue weighted by molar-refractivity contribution is -0.648. The number of alkyl halides is 3. The van der Waals surface area contributed by atoms with Crippen LogP contribution in [0.1, 0.15) is 0 Å². The van der Waals surface area contributed by atoms with Crippen molar-refractivity contribution >= 4 is 38.4 Å². The number of nitrogen functional groups attached to an aromatic ring is 1. The molecule has 0 spiro atoms. The number of benzene rings is 2. The number of aromatic nitrogens is 1. The van der Waals surface area contributed by atoms with Crippen molar-refractivity contribution in [2.24, 2.45) is 0 Å². The first kappa shape index (κ1) is 16.9. The average Bonchev–Trinajstić information content (AvgIpc) is 2.82. The molecule has 3 rings (SSSR count). The summed E-state index contributed by atoms with van der Waals surface area (Å²) in [5, 5.41) is 0.558. The van der Waals surface area contributed by atoms with Gasteiger partial charge in [0.2, 0.25) is 0 Å². The molecule has 8 heteroatoms. The lowest BCUT2D eigenvalue weighted by Crippen LogP contribution is -2.36. The standard InChI is InChI=1S/C16H13F3N2OS2/c17-16(18,19)22-11-6-7-13-14(10-11)24-15(20)21(13)8-9-23-12-4-2-1-3-5-12/h1-7,10,20H,8-9H2/p+1. The van der Waals surface area contributed by atoms with E-state index in [9.17, 15) is 13.2 Å². The molecule has 3 nitrogen and oxygen atoms in total. The summed E-state index contributed by atoms with van der Waals surface area (Å²) in [4.78, 5) is 1.16. The van der Waals surface area contributed by atoms with Crippen LogP contribution in [-0.4, -0.2) is 12.1 Å². The smallest absolute Gasteiger partial charge is 0.406 e. The van der Waals surface area contributed by atoms with Gasteiger partial charge in [0.1, 0.15) is 17.8 Å². The SMILES string of the molecule is Nc1sc2cc(OC(F)(F)F)ccc2[n+]1CCSc1ccccc1. The molecule has 0 saturated carbocycles. The first-order valence-corrected chi connectivity index (χ1v) is 8.88. The predicted molar refractivity (Wildman–Crippen MR) is 90.3 cm³/mol. The molecule has 1 aromatic heterocycles. The maximum absolute atomic E-state index is 12.3. The van der Waals surface area contributed by atoms with Crippen molar-refractivity contribution in [2.75, 3.05) is 11.5 Å². The number of aryl methyl sites for hydroxylation is 1. The highest BCUT2D eigenvalue weighted by molar-refractivity contribution is 7.99. The minimum atomic E-state index is -4.70. The van der Waals surface area contributed by atoms with Gasteiger partial charge in [-0.15, -0.1) is 24.9 Å². The second-order valence-corrected chi connectivity index (χ2v) is 7.16. The van der Waals surface area contributed by atoms with Crippen LogP contribution in [-0.2, 0) is 6.54 Å². The number of hydrogen-bond donors (Lipinski definition) is 1. The van der Waals surface area contributed by atoms with Gasteiger partial charge in [-0.2, -0.15) is 0 Å². The van der Waals surface area contributed by atoms with E-state index in [0.717, 1.165) is 16.2 Å². The summed E-state index contributed by atoms with van der Waals surface area (Å²) in [6, 6.07) is 14.3. The van der Waals surface area contributed by atoms with Crippen LogP contribution in [0.4, 0.5) is 18.3 Å². The van der Waals surface area contributed by atoms with Crippen LogP contribution in [0.25, 0.3) is 10.2 Å². The third-order valence-corrected chi connectivity index (χ3v) is 5.23. The number of thiazole rings is 1. The van der Waals surface area contributed by atoms with Gasteiger partial charge in [-0.05, 0) is 35.6 Å². The molecule has 0 unspecified atom stereocenters. The Hall–Kier alpha value is -1.93. The van der Waals surface area contributed by atoms with Gasteiger partial charge in [-0.25, -0.2) is 4.57 Å². The van der Waals surface area contributed by atoms with E-state index in [2.05, 4.69) is 4.74 Å². The minimum absolute atomic E-state index is 0.234. The highest BCUT2D eigenvalue weighted by Crippen LogP contribution is 2.30. The van der Waals surface area contributed by atoms with E-state index in [-0.39, 0.29) is 5.75 Å². The van der Waals surface area contributed by atoms with E-state index in [1.165, 1.54) is 23.5 Å². The summed E-state index contributed by atoms with van der Waals surface area (Å²) in [5.41, 5.74) is 6.83. The first-order chi connectivity index (χ1) is 11.4. The number of anilines is 1. The Morgan fingerprint density at radius 1 is 1.12 bits per heavy atom. The van der Waals surface area contributed by atoms with Gasteiger partial charge < -0.3 is 4.74 Å². The molecule has 2 aromatic carbocycles. The number of fused-ring (bicyclic) bond motifs is 1. The number of nitrogens with zero attached hydrogens (tertiary/aromatic N) is 1. The molecule has 1 heterocycles. The van der Waals surface area contributed by atoms with Crippen LogP contribution in [0.5, 0.6) is 5.75 Å². The molecule has 0 fully saturated rings.